The van der Waals surface area contributed by atoms with Crippen LogP contribution in [-0.4, -0.2) is 18.5 Å². The number of amides is 1. The lowest BCUT2D eigenvalue weighted by Crippen LogP contribution is -2.23. The molecule has 7 nitrogen and oxygen atoms in total. The van der Waals surface area contributed by atoms with Crippen LogP contribution in [0.4, 0.5) is 0 Å². The van der Waals surface area contributed by atoms with Crippen molar-refractivity contribution in [2.75, 3.05) is 6.61 Å². The standard InChI is InChI=1S/C23H17ClN2O5/c24-20-5-1-2-6-21(20)30-15-22(27)31-18-9-7-16(8-10-18)12-17(13-25)23(28)26-14-19-4-3-11-29-19/h1-12H,14-15H2,(H,26,28)/b17-12+. The average molecular weight is 437 g/mol. The molecule has 0 saturated heterocycles. The molecule has 8 heteroatoms. The molecule has 0 aliphatic rings. The Bertz CT molecular complexity index is 1120. The van der Waals surface area contributed by atoms with Crippen LogP contribution in [0.25, 0.3) is 6.08 Å². The SMILES string of the molecule is N#C/C(=C\c1ccc(OC(=O)COc2ccccc2Cl)cc1)C(=O)NCc1ccco1. The summed E-state index contributed by atoms with van der Waals surface area (Å²) in [7, 11) is 0. The molecule has 0 bridgehead atoms. The van der Waals surface area contributed by atoms with E-state index < -0.39 is 11.9 Å². The molecule has 0 fully saturated rings. The van der Waals surface area contributed by atoms with Crippen LogP contribution >= 0.6 is 11.6 Å². The first-order chi connectivity index (χ1) is 15.0. The Morgan fingerprint density at radius 2 is 1.87 bits per heavy atom. The highest BCUT2D eigenvalue weighted by Gasteiger charge is 2.11. The number of carbonyl (C=O) groups excluding carboxylic acids is 2. The number of halogens is 1. The molecular formula is C23H17ClN2O5. The minimum absolute atomic E-state index is 0.0653. The fourth-order valence-corrected chi connectivity index (χ4v) is 2.67. The third-order valence-corrected chi connectivity index (χ3v) is 4.29. The van der Waals surface area contributed by atoms with E-state index >= 15 is 0 Å². The van der Waals surface area contributed by atoms with E-state index in [1.54, 1.807) is 60.7 Å². The zero-order valence-corrected chi connectivity index (χ0v) is 17.0. The third-order valence-electron chi connectivity index (χ3n) is 3.97. The number of nitrogens with zero attached hydrogens (tertiary/aromatic N) is 1. The molecule has 1 N–H and O–H groups in total. The van der Waals surface area contributed by atoms with Gasteiger partial charge in [-0.3, -0.25) is 4.79 Å². The highest BCUT2D eigenvalue weighted by atomic mass is 35.5. The second-order valence-electron chi connectivity index (χ2n) is 6.19. The van der Waals surface area contributed by atoms with E-state index in [0.29, 0.717) is 27.8 Å². The summed E-state index contributed by atoms with van der Waals surface area (Å²) in [5.74, 6) is 0.140. The van der Waals surface area contributed by atoms with Gasteiger partial charge in [-0.1, -0.05) is 35.9 Å². The number of nitrogens with one attached hydrogen (secondary N) is 1. The van der Waals surface area contributed by atoms with Crippen LogP contribution in [0, 0.1) is 11.3 Å². The molecule has 0 radical (unpaired) electrons. The van der Waals surface area contributed by atoms with Crippen LogP contribution in [0.1, 0.15) is 11.3 Å². The van der Waals surface area contributed by atoms with Gasteiger partial charge in [0.05, 0.1) is 17.8 Å². The van der Waals surface area contributed by atoms with E-state index in [0.717, 1.165) is 0 Å². The summed E-state index contributed by atoms with van der Waals surface area (Å²) >= 11 is 5.97. The predicted molar refractivity (Wildman–Crippen MR) is 113 cm³/mol. The van der Waals surface area contributed by atoms with Gasteiger partial charge < -0.3 is 19.2 Å². The Balaban J connectivity index is 1.54. The number of rotatable bonds is 8. The molecule has 0 atom stereocenters. The van der Waals surface area contributed by atoms with Gasteiger partial charge in [-0.15, -0.1) is 0 Å². The van der Waals surface area contributed by atoms with Crippen LogP contribution in [0.2, 0.25) is 5.02 Å². The number of benzene rings is 2. The summed E-state index contributed by atoms with van der Waals surface area (Å²) in [5.41, 5.74) is 0.529. The lowest BCUT2D eigenvalue weighted by Gasteiger charge is -2.08. The number of esters is 1. The Morgan fingerprint density at radius 1 is 1.10 bits per heavy atom. The molecule has 1 heterocycles. The van der Waals surface area contributed by atoms with Crippen LogP contribution in [0.15, 0.2) is 76.9 Å². The molecule has 3 rings (SSSR count). The summed E-state index contributed by atoms with van der Waals surface area (Å²) in [6, 6.07) is 18.4. The Morgan fingerprint density at radius 3 is 2.55 bits per heavy atom. The van der Waals surface area contributed by atoms with E-state index in [1.807, 2.05) is 6.07 Å². The molecule has 3 aromatic rings. The lowest BCUT2D eigenvalue weighted by molar-refractivity contribution is -0.136. The van der Waals surface area contributed by atoms with Crippen LogP contribution in [0.3, 0.4) is 0 Å². The maximum atomic E-state index is 12.2. The van der Waals surface area contributed by atoms with E-state index in [9.17, 15) is 14.9 Å². The third kappa shape index (κ3) is 6.49. The number of para-hydroxylation sites is 1. The Kier molecular flexibility index (Phi) is 7.46. The normalized spacial score (nSPS) is 10.8. The number of furan rings is 1. The van der Waals surface area contributed by atoms with Gasteiger partial charge in [-0.2, -0.15) is 5.26 Å². The molecule has 0 saturated carbocycles. The van der Waals surface area contributed by atoms with Crippen molar-refractivity contribution in [3.63, 3.8) is 0 Å². The van der Waals surface area contributed by atoms with E-state index in [-0.39, 0.29) is 18.7 Å². The van der Waals surface area contributed by atoms with Crippen molar-refractivity contribution in [3.05, 3.63) is 88.8 Å². The van der Waals surface area contributed by atoms with Crippen molar-refractivity contribution in [3.8, 4) is 17.6 Å². The smallest absolute Gasteiger partial charge is 0.349 e. The maximum absolute atomic E-state index is 12.2. The van der Waals surface area contributed by atoms with Gasteiger partial charge in [-0.05, 0) is 48.0 Å². The molecule has 2 aromatic carbocycles. The zero-order chi connectivity index (χ0) is 22.1. The molecule has 0 aliphatic carbocycles. The van der Waals surface area contributed by atoms with Gasteiger partial charge in [0.1, 0.15) is 28.9 Å². The number of carbonyl (C=O) groups is 2. The summed E-state index contributed by atoms with van der Waals surface area (Å²) < 4.78 is 15.7. The molecule has 0 unspecified atom stereocenters. The van der Waals surface area contributed by atoms with Crippen molar-refractivity contribution in [1.82, 2.24) is 5.32 Å². The number of nitriles is 1. The molecule has 0 aliphatic heterocycles. The van der Waals surface area contributed by atoms with Crippen LogP contribution in [-0.2, 0) is 16.1 Å². The van der Waals surface area contributed by atoms with Crippen LogP contribution in [0.5, 0.6) is 11.5 Å². The maximum Gasteiger partial charge on any atom is 0.349 e. The minimum atomic E-state index is -0.599. The van der Waals surface area contributed by atoms with E-state index in [2.05, 4.69) is 5.32 Å². The van der Waals surface area contributed by atoms with E-state index in [4.69, 9.17) is 25.5 Å². The number of hydrogen-bond acceptors (Lipinski definition) is 6. The molecule has 0 spiro atoms. The molecule has 31 heavy (non-hydrogen) atoms. The monoisotopic (exact) mass is 436 g/mol. The highest BCUT2D eigenvalue weighted by Crippen LogP contribution is 2.23. The second-order valence-corrected chi connectivity index (χ2v) is 6.60. The second kappa shape index (κ2) is 10.7. The first-order valence-electron chi connectivity index (χ1n) is 9.15. The zero-order valence-electron chi connectivity index (χ0n) is 16.2. The van der Waals surface area contributed by atoms with Gasteiger partial charge in [0.25, 0.3) is 5.91 Å². The number of ether oxygens (including phenoxy) is 2. The molecular weight excluding hydrogens is 420 g/mol. The molecule has 1 amide bonds. The van der Waals surface area contributed by atoms with Crippen molar-refractivity contribution >= 4 is 29.6 Å². The largest absolute Gasteiger partial charge is 0.480 e. The Labute approximate surface area is 183 Å². The van der Waals surface area contributed by atoms with Crippen molar-refractivity contribution in [2.45, 2.75) is 6.54 Å². The number of hydrogen-bond donors (Lipinski definition) is 1. The van der Waals surface area contributed by atoms with E-state index in [1.165, 1.54) is 12.3 Å². The fourth-order valence-electron chi connectivity index (χ4n) is 2.48. The summed E-state index contributed by atoms with van der Waals surface area (Å²) in [6.45, 7) is -0.129. The van der Waals surface area contributed by atoms with Gasteiger partial charge in [0.2, 0.25) is 0 Å². The summed E-state index contributed by atoms with van der Waals surface area (Å²) in [5, 5.41) is 12.3. The van der Waals surface area contributed by atoms with Gasteiger partial charge >= 0.3 is 5.97 Å². The molecule has 156 valence electrons. The van der Waals surface area contributed by atoms with Gasteiger partial charge in [0.15, 0.2) is 6.61 Å². The molecule has 1 aromatic heterocycles. The summed E-state index contributed by atoms with van der Waals surface area (Å²) in [4.78, 5) is 24.1. The fraction of sp³-hybridized carbons (Fsp3) is 0.0870. The van der Waals surface area contributed by atoms with Crippen molar-refractivity contribution in [2.24, 2.45) is 0 Å². The first-order valence-corrected chi connectivity index (χ1v) is 9.53. The first kappa shape index (κ1) is 21.7. The lowest BCUT2D eigenvalue weighted by atomic mass is 10.1. The van der Waals surface area contributed by atoms with Crippen molar-refractivity contribution in [1.29, 1.82) is 5.26 Å². The predicted octanol–water partition coefficient (Wildman–Crippen LogP) is 4.14. The van der Waals surface area contributed by atoms with Crippen molar-refractivity contribution < 1.29 is 23.5 Å². The van der Waals surface area contributed by atoms with Crippen LogP contribution < -0.4 is 14.8 Å². The van der Waals surface area contributed by atoms with Gasteiger partial charge in [0, 0.05) is 0 Å². The minimum Gasteiger partial charge on any atom is -0.480 e. The average Bonchev–Trinajstić information content (AvgIpc) is 3.30. The summed E-state index contributed by atoms with van der Waals surface area (Å²) in [6.07, 6.45) is 2.93. The highest BCUT2D eigenvalue weighted by molar-refractivity contribution is 6.32. The topological polar surface area (TPSA) is 102 Å². The quantitative estimate of drug-likeness (QED) is 0.246. The van der Waals surface area contributed by atoms with Gasteiger partial charge in [-0.25, -0.2) is 4.79 Å². The Hall–Kier alpha value is -4.02.